The summed E-state index contributed by atoms with van der Waals surface area (Å²) in [6.07, 6.45) is 9.63. The van der Waals surface area contributed by atoms with Crippen molar-refractivity contribution in [3.63, 3.8) is 0 Å². The predicted octanol–water partition coefficient (Wildman–Crippen LogP) is 2.11. The van der Waals surface area contributed by atoms with Gasteiger partial charge in [-0.2, -0.15) is 0 Å². The van der Waals surface area contributed by atoms with Crippen LogP contribution in [0.5, 0.6) is 0 Å². The Morgan fingerprint density at radius 3 is 2.91 bits per heavy atom. The maximum absolute atomic E-state index is 12.7. The van der Waals surface area contributed by atoms with Crippen LogP contribution in [0.15, 0.2) is 36.7 Å². The van der Waals surface area contributed by atoms with Crippen molar-refractivity contribution in [3.05, 3.63) is 42.2 Å². The van der Waals surface area contributed by atoms with Gasteiger partial charge in [-0.1, -0.05) is 12.2 Å². The zero-order chi connectivity index (χ0) is 16.2. The second-order valence-corrected chi connectivity index (χ2v) is 6.37. The van der Waals surface area contributed by atoms with Crippen molar-refractivity contribution < 1.29 is 9.59 Å². The fourth-order valence-corrected chi connectivity index (χ4v) is 3.56. The molecule has 3 aliphatic heterocycles. The molecule has 0 unspecified atom stereocenters. The number of pyridine rings is 1. The van der Waals surface area contributed by atoms with E-state index in [4.69, 9.17) is 0 Å². The molecule has 2 atom stereocenters. The number of aromatic nitrogens is 1. The Morgan fingerprint density at radius 1 is 1.30 bits per heavy atom. The van der Waals surface area contributed by atoms with Gasteiger partial charge in [0, 0.05) is 44.5 Å². The third-order valence-corrected chi connectivity index (χ3v) is 4.76. The standard InChI is InChI=1S/C18H23N3O2/c1-2-3-6-17(22)21-12-14-7-8-16(21)13-20(11-14)18(23)15-5-4-9-19-10-15/h2-5,9-10,14,16H,6-8,11-13H2,1H3/t14-,16+/m0/s1. The Balaban J connectivity index is 1.73. The van der Waals surface area contributed by atoms with E-state index in [-0.39, 0.29) is 17.9 Å². The molecule has 5 heteroatoms. The molecule has 4 rings (SSSR count). The van der Waals surface area contributed by atoms with Gasteiger partial charge in [0.2, 0.25) is 5.91 Å². The van der Waals surface area contributed by atoms with Crippen molar-refractivity contribution in [2.75, 3.05) is 19.6 Å². The van der Waals surface area contributed by atoms with E-state index >= 15 is 0 Å². The highest BCUT2D eigenvalue weighted by molar-refractivity contribution is 5.94. The van der Waals surface area contributed by atoms with Gasteiger partial charge in [0.15, 0.2) is 0 Å². The lowest BCUT2D eigenvalue weighted by Gasteiger charge is -2.36. The molecule has 0 spiro atoms. The maximum Gasteiger partial charge on any atom is 0.255 e. The topological polar surface area (TPSA) is 53.5 Å². The molecular formula is C18H23N3O2. The molecule has 122 valence electrons. The maximum atomic E-state index is 12.7. The van der Waals surface area contributed by atoms with E-state index in [0.29, 0.717) is 24.4 Å². The van der Waals surface area contributed by atoms with E-state index < -0.39 is 0 Å². The van der Waals surface area contributed by atoms with Gasteiger partial charge in [0.25, 0.3) is 5.91 Å². The largest absolute Gasteiger partial charge is 0.337 e. The van der Waals surface area contributed by atoms with E-state index in [2.05, 4.69) is 4.98 Å². The normalized spacial score (nSPS) is 24.0. The lowest BCUT2D eigenvalue weighted by Crippen LogP contribution is -2.47. The first kappa shape index (κ1) is 15.7. The summed E-state index contributed by atoms with van der Waals surface area (Å²) < 4.78 is 0. The van der Waals surface area contributed by atoms with Crippen LogP contribution in [0.3, 0.4) is 0 Å². The molecule has 23 heavy (non-hydrogen) atoms. The van der Waals surface area contributed by atoms with Crippen molar-refractivity contribution >= 4 is 11.8 Å². The number of carbonyl (C=O) groups excluding carboxylic acids is 2. The van der Waals surface area contributed by atoms with Gasteiger partial charge in [-0.25, -0.2) is 0 Å². The predicted molar refractivity (Wildman–Crippen MR) is 87.8 cm³/mol. The average molecular weight is 313 g/mol. The van der Waals surface area contributed by atoms with Gasteiger partial charge in [0.05, 0.1) is 5.56 Å². The molecule has 4 heterocycles. The molecule has 0 N–H and O–H groups in total. The van der Waals surface area contributed by atoms with Crippen LogP contribution in [0.2, 0.25) is 0 Å². The minimum Gasteiger partial charge on any atom is -0.337 e. The molecule has 3 saturated heterocycles. The monoisotopic (exact) mass is 313 g/mol. The number of fused-ring (bicyclic) bond motifs is 4. The smallest absolute Gasteiger partial charge is 0.255 e. The molecule has 1 aromatic rings. The first-order valence-corrected chi connectivity index (χ1v) is 8.29. The van der Waals surface area contributed by atoms with Gasteiger partial charge in [-0.05, 0) is 37.8 Å². The molecular weight excluding hydrogens is 290 g/mol. The lowest BCUT2D eigenvalue weighted by atomic mass is 9.94. The molecule has 2 bridgehead atoms. The number of hydrogen-bond acceptors (Lipinski definition) is 3. The van der Waals surface area contributed by atoms with E-state index in [9.17, 15) is 9.59 Å². The zero-order valence-corrected chi connectivity index (χ0v) is 13.5. The second-order valence-electron chi connectivity index (χ2n) is 6.37. The van der Waals surface area contributed by atoms with Crippen LogP contribution in [0.1, 0.15) is 36.5 Å². The van der Waals surface area contributed by atoms with Gasteiger partial charge in [0.1, 0.15) is 0 Å². The summed E-state index contributed by atoms with van der Waals surface area (Å²) in [4.78, 5) is 33.0. The van der Waals surface area contributed by atoms with Crippen LogP contribution in [-0.4, -0.2) is 52.3 Å². The molecule has 0 radical (unpaired) electrons. The van der Waals surface area contributed by atoms with Crippen LogP contribution in [0.25, 0.3) is 0 Å². The van der Waals surface area contributed by atoms with Crippen molar-refractivity contribution in [2.45, 2.75) is 32.2 Å². The Labute approximate surface area is 137 Å². The van der Waals surface area contributed by atoms with Crippen LogP contribution < -0.4 is 0 Å². The summed E-state index contributed by atoms with van der Waals surface area (Å²) in [7, 11) is 0. The molecule has 5 nitrogen and oxygen atoms in total. The summed E-state index contributed by atoms with van der Waals surface area (Å²) in [5, 5.41) is 0. The third kappa shape index (κ3) is 3.44. The summed E-state index contributed by atoms with van der Waals surface area (Å²) in [6.45, 7) is 4.07. The van der Waals surface area contributed by atoms with Gasteiger partial charge >= 0.3 is 0 Å². The fourth-order valence-electron chi connectivity index (χ4n) is 3.56. The molecule has 0 saturated carbocycles. The van der Waals surface area contributed by atoms with Gasteiger partial charge < -0.3 is 9.80 Å². The van der Waals surface area contributed by atoms with Crippen molar-refractivity contribution in [1.82, 2.24) is 14.8 Å². The Morgan fingerprint density at radius 2 is 2.17 bits per heavy atom. The Kier molecular flexibility index (Phi) is 4.74. The number of piperidine rings is 1. The molecule has 3 aliphatic rings. The molecule has 2 amide bonds. The number of carbonyl (C=O) groups is 2. The van der Waals surface area contributed by atoms with Gasteiger partial charge in [-0.3, -0.25) is 14.6 Å². The number of allylic oxidation sites excluding steroid dienone is 1. The SMILES string of the molecule is CC=CCC(=O)N1C[C@H]2CC[C@@H]1CN(C(=O)c1cccnc1)C2. The van der Waals surface area contributed by atoms with Gasteiger partial charge in [-0.15, -0.1) is 0 Å². The first-order chi connectivity index (χ1) is 11.2. The number of amides is 2. The Bertz CT molecular complexity index is 600. The van der Waals surface area contributed by atoms with Crippen molar-refractivity contribution in [1.29, 1.82) is 0 Å². The quantitative estimate of drug-likeness (QED) is 0.803. The number of nitrogens with zero attached hydrogens (tertiary/aromatic N) is 3. The minimum absolute atomic E-state index is 0.0257. The van der Waals surface area contributed by atoms with E-state index in [1.165, 1.54) is 0 Å². The summed E-state index contributed by atoms with van der Waals surface area (Å²) in [5.41, 5.74) is 0.626. The summed E-state index contributed by atoms with van der Waals surface area (Å²) in [5.74, 6) is 0.579. The molecule has 0 aliphatic carbocycles. The van der Waals surface area contributed by atoms with Crippen LogP contribution in [-0.2, 0) is 4.79 Å². The summed E-state index contributed by atoms with van der Waals surface area (Å²) >= 11 is 0. The van der Waals surface area contributed by atoms with E-state index in [1.54, 1.807) is 24.5 Å². The van der Waals surface area contributed by atoms with Crippen molar-refractivity contribution in [2.24, 2.45) is 5.92 Å². The number of rotatable bonds is 3. The molecule has 1 aromatic heterocycles. The first-order valence-electron chi connectivity index (χ1n) is 8.29. The Hall–Kier alpha value is -2.17. The minimum atomic E-state index is 0.0257. The highest BCUT2D eigenvalue weighted by Crippen LogP contribution is 2.29. The molecule has 3 fully saturated rings. The van der Waals surface area contributed by atoms with Crippen LogP contribution in [0.4, 0.5) is 0 Å². The number of hydrogen-bond donors (Lipinski definition) is 0. The second kappa shape index (κ2) is 6.94. The summed E-state index contributed by atoms with van der Waals surface area (Å²) in [6, 6.07) is 3.73. The third-order valence-electron chi connectivity index (χ3n) is 4.76. The zero-order valence-electron chi connectivity index (χ0n) is 13.5. The molecule has 0 aromatic carbocycles. The average Bonchev–Trinajstić information content (AvgIpc) is 2.91. The van der Waals surface area contributed by atoms with E-state index in [0.717, 1.165) is 25.9 Å². The van der Waals surface area contributed by atoms with Crippen LogP contribution in [0, 0.1) is 5.92 Å². The van der Waals surface area contributed by atoms with Crippen LogP contribution >= 0.6 is 0 Å². The fraction of sp³-hybridized carbons (Fsp3) is 0.500. The highest BCUT2D eigenvalue weighted by atomic mass is 16.2. The van der Waals surface area contributed by atoms with E-state index in [1.807, 2.05) is 28.9 Å². The highest BCUT2D eigenvalue weighted by Gasteiger charge is 2.38. The van der Waals surface area contributed by atoms with Crippen molar-refractivity contribution in [3.8, 4) is 0 Å². The lowest BCUT2D eigenvalue weighted by molar-refractivity contribution is -0.134.